The molecule has 1 aliphatic rings. The van der Waals surface area contributed by atoms with Crippen molar-refractivity contribution in [3.8, 4) is 11.5 Å². The number of hydrogen-bond acceptors (Lipinski definition) is 7. The summed E-state index contributed by atoms with van der Waals surface area (Å²) in [6.45, 7) is 5.38. The minimum Gasteiger partial charge on any atom is -0.508 e. The van der Waals surface area contributed by atoms with Gasteiger partial charge in [0.05, 0.1) is 43.4 Å². The van der Waals surface area contributed by atoms with E-state index in [0.717, 1.165) is 24.2 Å². The second-order valence-electron chi connectivity index (χ2n) is 8.06. The standard InChI is InChI=1S/C25H30N2O5S/c1-4-32-25(29)22-21-18(15-27-10-12-31-13-11-27)20(28)9-8-19(21)26(2)23(22)24(33)16-6-5-7-17(14-16)30-3/h5-9,14,24,28,33H,4,10-13,15H2,1-3H3. The van der Waals surface area contributed by atoms with Crippen LogP contribution in [0.5, 0.6) is 11.5 Å². The number of phenols is 1. The number of fused-ring (bicyclic) bond motifs is 1. The molecule has 3 aromatic rings. The normalized spacial score (nSPS) is 15.5. The second kappa shape index (κ2) is 10.1. The summed E-state index contributed by atoms with van der Waals surface area (Å²) in [6.07, 6.45) is 0. The molecule has 1 atom stereocenters. The van der Waals surface area contributed by atoms with E-state index in [1.807, 2.05) is 41.9 Å². The van der Waals surface area contributed by atoms with Crippen LogP contribution < -0.4 is 4.74 Å². The Morgan fingerprint density at radius 2 is 2.00 bits per heavy atom. The maximum Gasteiger partial charge on any atom is 0.340 e. The summed E-state index contributed by atoms with van der Waals surface area (Å²) in [5.41, 5.74) is 3.61. The van der Waals surface area contributed by atoms with Gasteiger partial charge in [0.2, 0.25) is 0 Å². The van der Waals surface area contributed by atoms with Crippen molar-refractivity contribution in [1.82, 2.24) is 9.47 Å². The van der Waals surface area contributed by atoms with Gasteiger partial charge in [-0.15, -0.1) is 0 Å². The molecule has 0 aliphatic carbocycles. The zero-order chi connectivity index (χ0) is 23.5. The van der Waals surface area contributed by atoms with E-state index < -0.39 is 11.2 Å². The van der Waals surface area contributed by atoms with Crippen molar-refractivity contribution < 1.29 is 24.1 Å². The largest absolute Gasteiger partial charge is 0.508 e. The monoisotopic (exact) mass is 470 g/mol. The smallest absolute Gasteiger partial charge is 0.340 e. The van der Waals surface area contributed by atoms with E-state index in [-0.39, 0.29) is 12.4 Å². The third-order valence-electron chi connectivity index (χ3n) is 6.13. The summed E-state index contributed by atoms with van der Waals surface area (Å²) in [5, 5.41) is 11.1. The van der Waals surface area contributed by atoms with E-state index in [2.05, 4.69) is 4.90 Å². The molecule has 2 heterocycles. The molecule has 8 heteroatoms. The fraction of sp³-hybridized carbons (Fsp3) is 0.400. The Balaban J connectivity index is 1.92. The second-order valence-corrected chi connectivity index (χ2v) is 8.58. The number of benzene rings is 2. The Kier molecular flexibility index (Phi) is 7.17. The van der Waals surface area contributed by atoms with E-state index in [0.29, 0.717) is 47.7 Å². The number of hydrogen-bond donors (Lipinski definition) is 2. The number of rotatable bonds is 7. The molecule has 1 aliphatic heterocycles. The van der Waals surface area contributed by atoms with Gasteiger partial charge in [-0.25, -0.2) is 4.79 Å². The summed E-state index contributed by atoms with van der Waals surface area (Å²) in [5.74, 6) is 0.455. The molecule has 0 saturated carbocycles. The van der Waals surface area contributed by atoms with Crippen LogP contribution in [-0.4, -0.2) is 60.6 Å². The van der Waals surface area contributed by atoms with Gasteiger partial charge in [0.25, 0.3) is 0 Å². The minimum absolute atomic E-state index is 0.161. The molecule has 1 saturated heterocycles. The molecule has 0 amide bonds. The quantitative estimate of drug-likeness (QED) is 0.403. The molecule has 1 N–H and O–H groups in total. The number of nitrogens with zero attached hydrogens (tertiary/aromatic N) is 2. The van der Waals surface area contributed by atoms with Crippen LogP contribution in [0.3, 0.4) is 0 Å². The molecule has 176 valence electrons. The number of carbonyl (C=O) groups is 1. The first kappa shape index (κ1) is 23.5. The van der Waals surface area contributed by atoms with Gasteiger partial charge < -0.3 is 23.9 Å². The van der Waals surface area contributed by atoms with Crippen LogP contribution in [0.15, 0.2) is 36.4 Å². The molecule has 7 nitrogen and oxygen atoms in total. The van der Waals surface area contributed by atoms with Crippen molar-refractivity contribution in [2.45, 2.75) is 18.7 Å². The molecule has 1 aromatic heterocycles. The highest BCUT2D eigenvalue weighted by Gasteiger charge is 2.30. The zero-order valence-corrected chi connectivity index (χ0v) is 20.1. The number of aromatic hydroxyl groups is 1. The molecule has 0 radical (unpaired) electrons. The number of aromatic nitrogens is 1. The first-order valence-electron chi connectivity index (χ1n) is 11.1. The third kappa shape index (κ3) is 4.55. The van der Waals surface area contributed by atoms with Crippen LogP contribution in [0.25, 0.3) is 10.9 Å². The van der Waals surface area contributed by atoms with Crippen molar-refractivity contribution in [3.05, 3.63) is 58.8 Å². The van der Waals surface area contributed by atoms with Gasteiger partial charge in [-0.1, -0.05) is 12.1 Å². The summed E-state index contributed by atoms with van der Waals surface area (Å²) in [4.78, 5) is 15.5. The average molecular weight is 471 g/mol. The third-order valence-corrected chi connectivity index (χ3v) is 6.67. The summed E-state index contributed by atoms with van der Waals surface area (Å²) in [6, 6.07) is 11.2. The first-order chi connectivity index (χ1) is 16.0. The number of carbonyl (C=O) groups excluding carboxylic acids is 1. The summed E-state index contributed by atoms with van der Waals surface area (Å²) >= 11 is 4.93. The highest BCUT2D eigenvalue weighted by molar-refractivity contribution is 7.80. The number of phenolic OH excluding ortho intramolecular Hbond substituents is 1. The number of ether oxygens (including phenoxy) is 3. The molecule has 2 aromatic carbocycles. The maximum atomic E-state index is 13.3. The van der Waals surface area contributed by atoms with E-state index in [4.69, 9.17) is 26.8 Å². The van der Waals surface area contributed by atoms with Crippen molar-refractivity contribution in [3.63, 3.8) is 0 Å². The number of thiol groups is 1. The first-order valence-corrected chi connectivity index (χ1v) is 11.6. The van der Waals surface area contributed by atoms with Gasteiger partial charge in [0, 0.05) is 43.1 Å². The van der Waals surface area contributed by atoms with Crippen LogP contribution in [0, 0.1) is 0 Å². The average Bonchev–Trinajstić information content (AvgIpc) is 3.13. The maximum absolute atomic E-state index is 13.3. The predicted molar refractivity (Wildman–Crippen MR) is 130 cm³/mol. The molecule has 1 unspecified atom stereocenters. The summed E-state index contributed by atoms with van der Waals surface area (Å²) in [7, 11) is 3.54. The Morgan fingerprint density at radius 1 is 1.24 bits per heavy atom. The molecule has 0 bridgehead atoms. The lowest BCUT2D eigenvalue weighted by Crippen LogP contribution is -2.35. The fourth-order valence-corrected chi connectivity index (χ4v) is 4.91. The molecular weight excluding hydrogens is 440 g/mol. The number of esters is 1. The Morgan fingerprint density at radius 3 is 2.70 bits per heavy atom. The van der Waals surface area contributed by atoms with Crippen LogP contribution in [0.1, 0.15) is 39.4 Å². The fourth-order valence-electron chi connectivity index (χ4n) is 4.45. The van der Waals surface area contributed by atoms with Gasteiger partial charge in [0.1, 0.15) is 11.5 Å². The van der Waals surface area contributed by atoms with Crippen LogP contribution in [0.2, 0.25) is 0 Å². The lowest BCUT2D eigenvalue weighted by Gasteiger charge is -2.27. The lowest BCUT2D eigenvalue weighted by atomic mass is 10.00. The van der Waals surface area contributed by atoms with Crippen molar-refractivity contribution >= 4 is 29.5 Å². The molecular formula is C25H30N2O5S. The van der Waals surface area contributed by atoms with Crippen molar-refractivity contribution in [2.75, 3.05) is 40.0 Å². The molecule has 33 heavy (non-hydrogen) atoms. The van der Waals surface area contributed by atoms with Gasteiger partial charge >= 0.3 is 5.97 Å². The van der Waals surface area contributed by atoms with E-state index in [1.54, 1.807) is 20.1 Å². The van der Waals surface area contributed by atoms with Crippen molar-refractivity contribution in [2.24, 2.45) is 7.05 Å². The Bertz CT molecular complexity index is 1150. The zero-order valence-electron chi connectivity index (χ0n) is 19.2. The minimum atomic E-state index is -0.422. The van der Waals surface area contributed by atoms with Gasteiger partial charge in [-0.2, -0.15) is 12.6 Å². The molecule has 1 fully saturated rings. The SMILES string of the molecule is CCOC(=O)c1c(C(S)c2cccc(OC)c2)n(C)c2ccc(O)c(CN3CCOCC3)c12. The van der Waals surface area contributed by atoms with E-state index in [1.165, 1.54) is 0 Å². The van der Waals surface area contributed by atoms with Gasteiger partial charge in [-0.05, 0) is 36.8 Å². The van der Waals surface area contributed by atoms with Crippen LogP contribution in [-0.2, 0) is 23.1 Å². The van der Waals surface area contributed by atoms with Crippen LogP contribution >= 0.6 is 12.6 Å². The molecule has 4 rings (SSSR count). The van der Waals surface area contributed by atoms with Gasteiger partial charge in [-0.3, -0.25) is 4.90 Å². The lowest BCUT2D eigenvalue weighted by molar-refractivity contribution is 0.0340. The molecule has 0 spiro atoms. The summed E-state index contributed by atoms with van der Waals surface area (Å²) < 4.78 is 18.3. The highest BCUT2D eigenvalue weighted by atomic mass is 32.1. The number of methoxy groups -OCH3 is 1. The van der Waals surface area contributed by atoms with E-state index in [9.17, 15) is 9.90 Å². The predicted octanol–water partition coefficient (Wildman–Crippen LogP) is 3.92. The van der Waals surface area contributed by atoms with Crippen LogP contribution in [0.4, 0.5) is 0 Å². The Hall–Kier alpha value is -2.68. The topological polar surface area (TPSA) is 73.2 Å². The number of morpholine rings is 1. The van der Waals surface area contributed by atoms with Crippen molar-refractivity contribution in [1.29, 1.82) is 0 Å². The van der Waals surface area contributed by atoms with Gasteiger partial charge in [0.15, 0.2) is 0 Å². The Labute approximate surface area is 199 Å². The number of aryl methyl sites for hydroxylation is 1. The van der Waals surface area contributed by atoms with E-state index >= 15 is 0 Å². The highest BCUT2D eigenvalue weighted by Crippen LogP contribution is 2.41.